The number of benzene rings is 1. The van der Waals surface area contributed by atoms with Gasteiger partial charge in [-0.1, -0.05) is 30.3 Å². The van der Waals surface area contributed by atoms with Crippen molar-refractivity contribution in [2.75, 3.05) is 6.54 Å². The van der Waals surface area contributed by atoms with Gasteiger partial charge in [-0.05, 0) is 0 Å². The summed E-state index contributed by atoms with van der Waals surface area (Å²) in [5.74, 6) is -0.349. The Labute approximate surface area is 93.7 Å². The molecule has 0 atom stereocenters. The molecule has 0 aliphatic rings. The van der Waals surface area contributed by atoms with Crippen LogP contribution < -0.4 is 5.32 Å². The van der Waals surface area contributed by atoms with E-state index in [0.717, 1.165) is 0 Å². The smallest absolute Gasteiger partial charge is 0.220 e. The maximum Gasteiger partial charge on any atom is 0.220 e. The first-order valence-electron chi connectivity index (χ1n) is 5.02. The summed E-state index contributed by atoms with van der Waals surface area (Å²) in [5.41, 5.74) is 0.602. The first-order valence-corrected chi connectivity index (χ1v) is 5.02. The molecule has 0 aliphatic heterocycles. The molecule has 0 saturated heterocycles. The third-order valence-corrected chi connectivity index (χ3v) is 2.06. The van der Waals surface area contributed by atoms with Crippen molar-refractivity contribution in [1.82, 2.24) is 5.32 Å². The minimum absolute atomic E-state index is 0.00163. The van der Waals surface area contributed by atoms with Crippen molar-refractivity contribution in [3.63, 3.8) is 0 Å². The topological polar surface area (TPSA) is 63.2 Å². The summed E-state index contributed by atoms with van der Waals surface area (Å²) in [6.07, 6.45) is 0.882. The van der Waals surface area contributed by atoms with Gasteiger partial charge in [0.2, 0.25) is 5.91 Å². The lowest BCUT2D eigenvalue weighted by Crippen LogP contribution is -2.25. The van der Waals surface area contributed by atoms with E-state index in [2.05, 4.69) is 5.32 Å². The number of aldehydes is 1. The van der Waals surface area contributed by atoms with Gasteiger partial charge in [-0.15, -0.1) is 0 Å². The van der Waals surface area contributed by atoms with Crippen LogP contribution >= 0.6 is 0 Å². The van der Waals surface area contributed by atoms with E-state index in [1.54, 1.807) is 24.3 Å². The molecule has 4 heteroatoms. The zero-order valence-electron chi connectivity index (χ0n) is 8.81. The van der Waals surface area contributed by atoms with Crippen molar-refractivity contribution in [2.45, 2.75) is 12.8 Å². The number of rotatable bonds is 6. The molecule has 1 aromatic rings. The second-order valence-electron chi connectivity index (χ2n) is 3.26. The van der Waals surface area contributed by atoms with Gasteiger partial charge >= 0.3 is 0 Å². The summed E-state index contributed by atoms with van der Waals surface area (Å²) in [6.45, 7) is -0.00163. The number of amides is 1. The molecule has 1 rings (SSSR count). The van der Waals surface area contributed by atoms with Crippen LogP contribution in [0.1, 0.15) is 23.2 Å². The summed E-state index contributed by atoms with van der Waals surface area (Å²) in [6, 6.07) is 8.81. The van der Waals surface area contributed by atoms with E-state index in [9.17, 15) is 14.4 Å². The monoisotopic (exact) mass is 219 g/mol. The lowest BCUT2D eigenvalue weighted by molar-refractivity contribution is -0.122. The normalized spacial score (nSPS) is 9.50. The maximum absolute atomic E-state index is 11.6. The van der Waals surface area contributed by atoms with E-state index >= 15 is 0 Å². The fourth-order valence-corrected chi connectivity index (χ4v) is 1.24. The van der Waals surface area contributed by atoms with Crippen molar-refractivity contribution in [3.8, 4) is 0 Å². The number of nitrogens with one attached hydrogen (secondary N) is 1. The second kappa shape index (κ2) is 6.50. The van der Waals surface area contributed by atoms with E-state index < -0.39 is 0 Å². The highest BCUT2D eigenvalue weighted by molar-refractivity contribution is 5.97. The van der Waals surface area contributed by atoms with E-state index in [1.165, 1.54) is 0 Å². The van der Waals surface area contributed by atoms with E-state index in [0.29, 0.717) is 11.8 Å². The molecular weight excluding hydrogens is 206 g/mol. The highest BCUT2D eigenvalue weighted by Gasteiger charge is 2.07. The second-order valence-corrected chi connectivity index (χ2v) is 3.26. The molecule has 0 saturated carbocycles. The molecule has 4 nitrogen and oxygen atoms in total. The summed E-state index contributed by atoms with van der Waals surface area (Å²) >= 11 is 0. The largest absolute Gasteiger partial charge is 0.349 e. The molecule has 0 aromatic heterocycles. The minimum atomic E-state index is -0.281. The Morgan fingerprint density at radius 1 is 1.12 bits per heavy atom. The Balaban J connectivity index is 2.36. The van der Waals surface area contributed by atoms with Crippen molar-refractivity contribution in [3.05, 3.63) is 35.9 Å². The van der Waals surface area contributed by atoms with Crippen LogP contribution in [0.3, 0.4) is 0 Å². The number of hydrogen-bond donors (Lipinski definition) is 1. The van der Waals surface area contributed by atoms with E-state index in [-0.39, 0.29) is 31.1 Å². The summed E-state index contributed by atoms with van der Waals surface area (Å²) in [4.78, 5) is 32.7. The predicted molar refractivity (Wildman–Crippen MR) is 59.1 cm³/mol. The number of carbonyl (C=O) groups excluding carboxylic acids is 3. The fourth-order valence-electron chi connectivity index (χ4n) is 1.24. The highest BCUT2D eigenvalue weighted by Crippen LogP contribution is 2.04. The van der Waals surface area contributed by atoms with Gasteiger partial charge < -0.3 is 10.1 Å². The van der Waals surface area contributed by atoms with Gasteiger partial charge in [0.15, 0.2) is 5.78 Å². The Hall–Kier alpha value is -1.97. The molecule has 16 heavy (non-hydrogen) atoms. The number of ketones is 1. The van der Waals surface area contributed by atoms with Gasteiger partial charge in [0.05, 0.1) is 6.54 Å². The van der Waals surface area contributed by atoms with Gasteiger partial charge in [-0.25, -0.2) is 0 Å². The molecule has 0 fully saturated rings. The van der Waals surface area contributed by atoms with Crippen LogP contribution in [0.5, 0.6) is 0 Å². The Kier molecular flexibility index (Phi) is 4.92. The molecule has 0 heterocycles. The van der Waals surface area contributed by atoms with E-state index in [1.807, 2.05) is 6.07 Å². The lowest BCUT2D eigenvalue weighted by atomic mass is 10.1. The molecule has 1 amide bonds. The van der Waals surface area contributed by atoms with Gasteiger partial charge in [0.1, 0.15) is 6.29 Å². The number of carbonyl (C=O) groups is 3. The SMILES string of the molecule is O=CCNC(=O)CCC(=O)c1ccccc1. The van der Waals surface area contributed by atoms with Crippen molar-refractivity contribution in [1.29, 1.82) is 0 Å². The van der Waals surface area contributed by atoms with Gasteiger partial charge in [-0.2, -0.15) is 0 Å². The molecule has 0 aliphatic carbocycles. The zero-order valence-corrected chi connectivity index (χ0v) is 8.81. The van der Waals surface area contributed by atoms with Crippen LogP contribution in [0.2, 0.25) is 0 Å². The average molecular weight is 219 g/mol. The van der Waals surface area contributed by atoms with Crippen LogP contribution in [-0.4, -0.2) is 24.5 Å². The molecule has 84 valence electrons. The Morgan fingerprint density at radius 2 is 1.81 bits per heavy atom. The van der Waals surface area contributed by atoms with Crippen molar-refractivity contribution >= 4 is 18.0 Å². The summed E-state index contributed by atoms with van der Waals surface area (Å²) in [7, 11) is 0. The van der Waals surface area contributed by atoms with Crippen LogP contribution in [0, 0.1) is 0 Å². The third-order valence-electron chi connectivity index (χ3n) is 2.06. The molecule has 0 radical (unpaired) electrons. The first kappa shape index (κ1) is 12.1. The summed E-state index contributed by atoms with van der Waals surface area (Å²) in [5, 5.41) is 2.38. The fraction of sp³-hybridized carbons (Fsp3) is 0.250. The lowest BCUT2D eigenvalue weighted by Gasteiger charge is -2.01. The number of hydrogen-bond acceptors (Lipinski definition) is 3. The van der Waals surface area contributed by atoms with Gasteiger partial charge in [0.25, 0.3) is 0 Å². The van der Waals surface area contributed by atoms with E-state index in [4.69, 9.17) is 0 Å². The van der Waals surface area contributed by atoms with Crippen LogP contribution in [-0.2, 0) is 9.59 Å². The molecule has 1 N–H and O–H groups in total. The zero-order chi connectivity index (χ0) is 11.8. The van der Waals surface area contributed by atoms with Crippen LogP contribution in [0.25, 0.3) is 0 Å². The van der Waals surface area contributed by atoms with Crippen molar-refractivity contribution < 1.29 is 14.4 Å². The minimum Gasteiger partial charge on any atom is -0.349 e. The average Bonchev–Trinajstić information content (AvgIpc) is 2.34. The van der Waals surface area contributed by atoms with Gasteiger partial charge in [-0.3, -0.25) is 9.59 Å². The highest BCUT2D eigenvalue weighted by atomic mass is 16.2. The maximum atomic E-state index is 11.6. The Bertz CT molecular complexity index is 373. The van der Waals surface area contributed by atoms with Crippen molar-refractivity contribution in [2.24, 2.45) is 0 Å². The molecule has 0 bridgehead atoms. The third kappa shape index (κ3) is 4.04. The molecular formula is C12H13NO3. The van der Waals surface area contributed by atoms with Crippen LogP contribution in [0.15, 0.2) is 30.3 Å². The van der Waals surface area contributed by atoms with Gasteiger partial charge in [0, 0.05) is 18.4 Å². The first-order chi connectivity index (χ1) is 7.74. The predicted octanol–water partition coefficient (Wildman–Crippen LogP) is 0.965. The molecule has 1 aromatic carbocycles. The standard InChI is InChI=1S/C12H13NO3/c14-9-8-13-12(16)7-6-11(15)10-4-2-1-3-5-10/h1-5,9H,6-8H2,(H,13,16). The Morgan fingerprint density at radius 3 is 2.44 bits per heavy atom. The summed E-state index contributed by atoms with van der Waals surface area (Å²) < 4.78 is 0. The number of Topliss-reactive ketones (excluding diaryl/α,β-unsaturated/α-hetero) is 1. The van der Waals surface area contributed by atoms with Crippen LogP contribution in [0.4, 0.5) is 0 Å². The quantitative estimate of drug-likeness (QED) is 0.572. The molecule has 0 unspecified atom stereocenters. The molecule has 0 spiro atoms.